The van der Waals surface area contributed by atoms with Gasteiger partial charge in [0.2, 0.25) is 5.91 Å². The summed E-state index contributed by atoms with van der Waals surface area (Å²) in [5.41, 5.74) is 1.74. The minimum absolute atomic E-state index is 0.0961. The van der Waals surface area contributed by atoms with Crippen molar-refractivity contribution in [2.45, 2.75) is 6.54 Å². The maximum absolute atomic E-state index is 13.3. The maximum Gasteiger partial charge on any atom is 0.256 e. The van der Waals surface area contributed by atoms with Gasteiger partial charge in [0.15, 0.2) is 5.82 Å². The number of aromatic nitrogens is 2. The van der Waals surface area contributed by atoms with Crippen molar-refractivity contribution in [3.8, 4) is 11.3 Å². The van der Waals surface area contributed by atoms with Gasteiger partial charge in [0.25, 0.3) is 5.91 Å². The quantitative estimate of drug-likeness (QED) is 0.278. The number of hydrogen-bond donors (Lipinski definition) is 0. The van der Waals surface area contributed by atoms with Gasteiger partial charge in [0.05, 0.1) is 34.1 Å². The number of nitrogens with zero attached hydrogens (tertiary/aromatic N) is 5. The summed E-state index contributed by atoms with van der Waals surface area (Å²) in [5, 5.41) is 10.1. The average molecular weight is 585 g/mol. The second kappa shape index (κ2) is 12.1. The molecule has 5 rings (SSSR count). The van der Waals surface area contributed by atoms with Crippen molar-refractivity contribution in [2.75, 3.05) is 37.6 Å². The van der Waals surface area contributed by atoms with Gasteiger partial charge in [-0.25, -0.2) is 0 Å². The van der Waals surface area contributed by atoms with Gasteiger partial charge in [-0.15, -0.1) is 10.2 Å². The van der Waals surface area contributed by atoms with Gasteiger partial charge in [0, 0.05) is 36.8 Å². The largest absolute Gasteiger partial charge is 0.467 e. The standard InChI is InChI=1S/C28H24Cl3N5O3/c29-19-7-8-21(24(31)16-19)25-9-10-26(33-32-25)34-11-13-35(14-12-34)27(37)18-36(17-20-4-3-15-39-20)28(38)22-5-1-2-6-23(22)30/h1-10,15-16H,11-14,17-18H2. The van der Waals surface area contributed by atoms with Gasteiger partial charge in [0.1, 0.15) is 12.3 Å². The Hall–Kier alpha value is -3.59. The molecular formula is C28H24Cl3N5O3. The predicted octanol–water partition coefficient (Wildman–Crippen LogP) is 5.69. The molecule has 2 aromatic heterocycles. The normalized spacial score (nSPS) is 13.4. The summed E-state index contributed by atoms with van der Waals surface area (Å²) in [6.45, 7) is 2.19. The molecule has 200 valence electrons. The monoisotopic (exact) mass is 583 g/mol. The lowest BCUT2D eigenvalue weighted by atomic mass is 10.1. The molecule has 2 aromatic carbocycles. The molecule has 0 unspecified atom stereocenters. The number of carbonyl (C=O) groups excluding carboxylic acids is 2. The number of carbonyl (C=O) groups is 2. The first-order valence-corrected chi connectivity index (χ1v) is 13.4. The van der Waals surface area contributed by atoms with Crippen LogP contribution in [0.4, 0.5) is 5.82 Å². The van der Waals surface area contributed by atoms with E-state index in [1.165, 1.54) is 11.2 Å². The summed E-state index contributed by atoms with van der Waals surface area (Å²) >= 11 is 18.6. The third kappa shape index (κ3) is 6.36. The molecule has 8 nitrogen and oxygen atoms in total. The lowest BCUT2D eigenvalue weighted by molar-refractivity contribution is -0.132. The zero-order valence-electron chi connectivity index (χ0n) is 20.8. The van der Waals surface area contributed by atoms with E-state index in [4.69, 9.17) is 39.2 Å². The molecule has 0 atom stereocenters. The molecule has 0 aliphatic carbocycles. The molecule has 1 fully saturated rings. The number of benzene rings is 2. The van der Waals surface area contributed by atoms with Crippen molar-refractivity contribution in [3.63, 3.8) is 0 Å². The third-order valence-electron chi connectivity index (χ3n) is 6.46. The molecule has 0 N–H and O–H groups in total. The van der Waals surface area contributed by atoms with Crippen molar-refractivity contribution < 1.29 is 14.0 Å². The van der Waals surface area contributed by atoms with Gasteiger partial charge in [-0.3, -0.25) is 9.59 Å². The fraction of sp³-hybridized carbons (Fsp3) is 0.214. The number of rotatable bonds is 7. The molecule has 1 saturated heterocycles. The molecule has 0 radical (unpaired) electrons. The van der Waals surface area contributed by atoms with Crippen molar-refractivity contribution in [2.24, 2.45) is 0 Å². The van der Waals surface area contributed by atoms with Gasteiger partial charge >= 0.3 is 0 Å². The molecule has 0 bridgehead atoms. The van der Waals surface area contributed by atoms with Crippen molar-refractivity contribution in [3.05, 3.63) is 99.4 Å². The van der Waals surface area contributed by atoms with E-state index in [0.29, 0.717) is 64.1 Å². The number of amides is 2. The Labute approximate surface area is 240 Å². The van der Waals surface area contributed by atoms with E-state index in [1.54, 1.807) is 53.4 Å². The van der Waals surface area contributed by atoms with Crippen molar-refractivity contribution in [1.29, 1.82) is 0 Å². The third-order valence-corrected chi connectivity index (χ3v) is 7.34. The minimum atomic E-state index is -0.333. The number of hydrogen-bond acceptors (Lipinski definition) is 6. The Morgan fingerprint density at radius 1 is 0.872 bits per heavy atom. The zero-order chi connectivity index (χ0) is 27.4. The van der Waals surface area contributed by atoms with E-state index in [1.807, 2.05) is 18.2 Å². The molecule has 4 aromatic rings. The van der Waals surface area contributed by atoms with Crippen LogP contribution in [0.25, 0.3) is 11.3 Å². The number of anilines is 1. The van der Waals surface area contributed by atoms with Crippen molar-refractivity contribution >= 4 is 52.4 Å². The lowest BCUT2D eigenvalue weighted by Crippen LogP contribution is -2.52. The first-order chi connectivity index (χ1) is 18.9. The second-order valence-corrected chi connectivity index (χ2v) is 10.2. The van der Waals surface area contributed by atoms with E-state index < -0.39 is 0 Å². The van der Waals surface area contributed by atoms with Crippen LogP contribution in [0.2, 0.25) is 15.1 Å². The highest BCUT2D eigenvalue weighted by Crippen LogP contribution is 2.29. The molecular weight excluding hydrogens is 561 g/mol. The highest BCUT2D eigenvalue weighted by Gasteiger charge is 2.27. The molecule has 11 heteroatoms. The minimum Gasteiger partial charge on any atom is -0.467 e. The van der Waals surface area contributed by atoms with Crippen LogP contribution in [0.15, 0.2) is 77.4 Å². The van der Waals surface area contributed by atoms with E-state index in [2.05, 4.69) is 15.1 Å². The zero-order valence-corrected chi connectivity index (χ0v) is 23.0. The highest BCUT2D eigenvalue weighted by molar-refractivity contribution is 6.36. The molecule has 0 saturated carbocycles. The average Bonchev–Trinajstić information content (AvgIpc) is 3.46. The smallest absolute Gasteiger partial charge is 0.256 e. The maximum atomic E-state index is 13.3. The topological polar surface area (TPSA) is 82.8 Å². The second-order valence-electron chi connectivity index (χ2n) is 8.99. The van der Waals surface area contributed by atoms with Crippen LogP contribution in [-0.4, -0.2) is 64.5 Å². The Morgan fingerprint density at radius 2 is 1.67 bits per heavy atom. The Morgan fingerprint density at radius 3 is 2.33 bits per heavy atom. The molecule has 0 spiro atoms. The van der Waals surface area contributed by atoms with Crippen LogP contribution in [0.1, 0.15) is 16.1 Å². The van der Waals surface area contributed by atoms with Crippen LogP contribution in [0.3, 0.4) is 0 Å². The fourth-order valence-electron chi connectivity index (χ4n) is 4.38. The first-order valence-electron chi connectivity index (χ1n) is 12.3. The first kappa shape index (κ1) is 27.0. The predicted molar refractivity (Wildman–Crippen MR) is 151 cm³/mol. The molecule has 3 heterocycles. The van der Waals surface area contributed by atoms with Crippen LogP contribution in [0.5, 0.6) is 0 Å². The Bertz CT molecular complexity index is 1460. The van der Waals surface area contributed by atoms with Gasteiger partial charge in [-0.2, -0.15) is 0 Å². The van der Waals surface area contributed by atoms with Gasteiger partial charge < -0.3 is 19.1 Å². The van der Waals surface area contributed by atoms with Crippen molar-refractivity contribution in [1.82, 2.24) is 20.0 Å². The van der Waals surface area contributed by atoms with E-state index in [9.17, 15) is 9.59 Å². The summed E-state index contributed by atoms with van der Waals surface area (Å²) in [6, 6.07) is 19.3. The van der Waals surface area contributed by atoms with E-state index in [0.717, 1.165) is 5.56 Å². The summed E-state index contributed by atoms with van der Waals surface area (Å²) in [5.74, 6) is 0.805. The number of piperazine rings is 1. The summed E-state index contributed by atoms with van der Waals surface area (Å²) in [4.78, 5) is 31.8. The van der Waals surface area contributed by atoms with Gasteiger partial charge in [-0.1, -0.05) is 46.9 Å². The SMILES string of the molecule is O=C(CN(Cc1ccco1)C(=O)c1ccccc1Cl)N1CCN(c2ccc(-c3ccc(Cl)cc3Cl)nn2)CC1. The Kier molecular flexibility index (Phi) is 8.35. The van der Waals surface area contributed by atoms with E-state index >= 15 is 0 Å². The van der Waals surface area contributed by atoms with Crippen LogP contribution in [0, 0.1) is 0 Å². The highest BCUT2D eigenvalue weighted by atomic mass is 35.5. The molecule has 1 aliphatic heterocycles. The lowest BCUT2D eigenvalue weighted by Gasteiger charge is -2.36. The summed E-state index contributed by atoms with van der Waals surface area (Å²) in [7, 11) is 0. The van der Waals surface area contributed by atoms with E-state index in [-0.39, 0.29) is 24.9 Å². The number of furan rings is 1. The van der Waals surface area contributed by atoms with Gasteiger partial charge in [-0.05, 0) is 54.6 Å². The summed E-state index contributed by atoms with van der Waals surface area (Å²) in [6.07, 6.45) is 1.54. The number of halogens is 3. The van der Waals surface area contributed by atoms with Crippen LogP contribution < -0.4 is 4.90 Å². The van der Waals surface area contributed by atoms with Crippen LogP contribution >= 0.6 is 34.8 Å². The molecule has 39 heavy (non-hydrogen) atoms. The summed E-state index contributed by atoms with van der Waals surface area (Å²) < 4.78 is 5.43. The molecule has 1 aliphatic rings. The Balaban J connectivity index is 1.22. The fourth-order valence-corrected chi connectivity index (χ4v) is 5.10. The van der Waals surface area contributed by atoms with Crippen LogP contribution in [-0.2, 0) is 11.3 Å². The molecule has 2 amide bonds.